The molecule has 0 saturated heterocycles. The SMILES string of the molecule is CCC[CH2][Sn+3].[O-]B([O-])[O-]. The molecule has 5 heteroatoms. The van der Waals surface area contributed by atoms with Crippen molar-refractivity contribution in [2.24, 2.45) is 0 Å². The first kappa shape index (κ1) is 12.4. The van der Waals surface area contributed by atoms with Crippen LogP contribution in [0.4, 0.5) is 0 Å². The summed E-state index contributed by atoms with van der Waals surface area (Å²) < 4.78 is 1.43. The Hall–Kier alpha value is 0.744. The van der Waals surface area contributed by atoms with E-state index in [1.54, 1.807) is 22.5 Å². The molecule has 0 aromatic rings. The average Bonchev–Trinajstić information content (AvgIpc) is 1.66. The van der Waals surface area contributed by atoms with Gasteiger partial charge in [-0.2, -0.15) is 0 Å². The zero-order chi connectivity index (χ0) is 7.70. The molecular formula is C4H9BO3Sn. The molecule has 0 N–H and O–H groups in total. The Morgan fingerprint density at radius 1 is 1.33 bits per heavy atom. The van der Waals surface area contributed by atoms with Gasteiger partial charge in [0.1, 0.15) is 0 Å². The van der Waals surface area contributed by atoms with Crippen molar-refractivity contribution in [1.29, 1.82) is 0 Å². The van der Waals surface area contributed by atoms with Gasteiger partial charge in [-0.3, -0.25) is 7.32 Å². The predicted molar refractivity (Wildman–Crippen MR) is 31.2 cm³/mol. The van der Waals surface area contributed by atoms with Crippen LogP contribution in [0, 0.1) is 0 Å². The summed E-state index contributed by atoms with van der Waals surface area (Å²) in [5, 5.41) is 25.2. The first-order chi connectivity index (χ1) is 4.15. The molecule has 0 radical (unpaired) electrons. The fraction of sp³-hybridized carbons (Fsp3) is 1.00. The zero-order valence-corrected chi connectivity index (χ0v) is 8.28. The maximum atomic E-state index is 8.42. The number of hydrogen-bond acceptors (Lipinski definition) is 3. The van der Waals surface area contributed by atoms with Crippen LogP contribution < -0.4 is 15.1 Å². The third-order valence-corrected chi connectivity index (χ3v) is 1.54. The third kappa shape index (κ3) is 52.8. The largest absolute Gasteiger partial charge is 0.907 e. The molecule has 3 nitrogen and oxygen atoms in total. The van der Waals surface area contributed by atoms with Gasteiger partial charge in [-0.15, -0.1) is 0 Å². The molecule has 0 saturated carbocycles. The van der Waals surface area contributed by atoms with Gasteiger partial charge in [0.15, 0.2) is 0 Å². The van der Waals surface area contributed by atoms with Crippen LogP contribution >= 0.6 is 0 Å². The first-order valence-electron chi connectivity index (χ1n) is 2.77. The number of rotatable bonds is 2. The molecule has 0 fully saturated rings. The van der Waals surface area contributed by atoms with Crippen LogP contribution in [0.3, 0.4) is 0 Å². The Kier molecular flexibility index (Phi) is 15.9. The van der Waals surface area contributed by atoms with Gasteiger partial charge in [-0.1, -0.05) is 0 Å². The molecule has 0 aliphatic rings. The summed E-state index contributed by atoms with van der Waals surface area (Å²) in [5.41, 5.74) is 0. The summed E-state index contributed by atoms with van der Waals surface area (Å²) in [5.74, 6) is 0. The third-order valence-electron chi connectivity index (χ3n) is 0.530. The van der Waals surface area contributed by atoms with Crippen molar-refractivity contribution in [3.63, 3.8) is 0 Å². The molecule has 9 heavy (non-hydrogen) atoms. The molecule has 0 spiro atoms. The molecule has 0 rings (SSSR count). The Morgan fingerprint density at radius 2 is 1.67 bits per heavy atom. The van der Waals surface area contributed by atoms with E-state index in [1.165, 1.54) is 17.3 Å². The van der Waals surface area contributed by atoms with Crippen LogP contribution in [-0.2, 0) is 0 Å². The van der Waals surface area contributed by atoms with Crippen molar-refractivity contribution in [3.8, 4) is 0 Å². The van der Waals surface area contributed by atoms with E-state index in [-0.39, 0.29) is 0 Å². The second kappa shape index (κ2) is 11.5. The number of unbranched alkanes of at least 4 members (excludes halogenated alkanes) is 1. The van der Waals surface area contributed by atoms with Crippen molar-refractivity contribution in [1.82, 2.24) is 0 Å². The zero-order valence-electron chi connectivity index (χ0n) is 5.42. The second-order valence-electron chi connectivity index (χ2n) is 1.39. The normalized spacial score (nSPS) is 7.78. The van der Waals surface area contributed by atoms with Gasteiger partial charge in [0.05, 0.1) is 0 Å². The number of hydrogen-bond donors (Lipinski definition) is 0. The van der Waals surface area contributed by atoms with Crippen molar-refractivity contribution >= 4 is 29.8 Å². The van der Waals surface area contributed by atoms with Gasteiger partial charge < -0.3 is 15.1 Å². The summed E-state index contributed by atoms with van der Waals surface area (Å²) in [7, 11) is -2.92. The minimum atomic E-state index is -2.92. The first-order valence-corrected chi connectivity index (χ1v) is 4.79. The van der Waals surface area contributed by atoms with Gasteiger partial charge in [0.2, 0.25) is 0 Å². The van der Waals surface area contributed by atoms with Gasteiger partial charge in [-0.25, -0.2) is 0 Å². The molecule has 0 aromatic heterocycles. The topological polar surface area (TPSA) is 69.2 Å². The van der Waals surface area contributed by atoms with Crippen molar-refractivity contribution < 1.29 is 15.1 Å². The predicted octanol–water partition coefficient (Wildman–Crippen LogP) is -2.57. The average molecular weight is 235 g/mol. The van der Waals surface area contributed by atoms with Crippen LogP contribution in [0.1, 0.15) is 19.8 Å². The van der Waals surface area contributed by atoms with Crippen LogP contribution in [0.5, 0.6) is 0 Å². The van der Waals surface area contributed by atoms with Crippen LogP contribution in [0.15, 0.2) is 0 Å². The van der Waals surface area contributed by atoms with E-state index in [0.29, 0.717) is 0 Å². The summed E-state index contributed by atoms with van der Waals surface area (Å²) in [6.45, 7) is 2.23. The van der Waals surface area contributed by atoms with E-state index in [0.717, 1.165) is 0 Å². The van der Waals surface area contributed by atoms with E-state index < -0.39 is 7.32 Å². The van der Waals surface area contributed by atoms with E-state index in [2.05, 4.69) is 6.92 Å². The monoisotopic (exact) mass is 236 g/mol. The van der Waals surface area contributed by atoms with E-state index in [9.17, 15) is 0 Å². The van der Waals surface area contributed by atoms with Crippen LogP contribution in [0.2, 0.25) is 4.44 Å². The molecular weight excluding hydrogens is 226 g/mol. The van der Waals surface area contributed by atoms with Gasteiger partial charge in [0.25, 0.3) is 0 Å². The molecule has 0 amide bonds. The molecule has 0 aliphatic heterocycles. The minimum Gasteiger partial charge on any atom is -0.907 e. The van der Waals surface area contributed by atoms with Crippen LogP contribution in [0.25, 0.3) is 0 Å². The van der Waals surface area contributed by atoms with E-state index >= 15 is 0 Å². The Balaban J connectivity index is 0. The molecule has 0 atom stereocenters. The van der Waals surface area contributed by atoms with Gasteiger partial charge >= 0.3 is 46.7 Å². The fourth-order valence-electron chi connectivity index (χ4n) is 0.177. The standard InChI is InChI=1S/C4H9.BO3.Sn/c1-3-4-2;2-1(3)4;/h1,3-4H2,2H3;;/q;-3;+3. The van der Waals surface area contributed by atoms with Gasteiger partial charge in [-0.05, 0) is 0 Å². The molecule has 0 aromatic carbocycles. The second-order valence-corrected chi connectivity index (χ2v) is 2.82. The Morgan fingerprint density at radius 3 is 1.67 bits per heavy atom. The summed E-state index contributed by atoms with van der Waals surface area (Å²) in [6.07, 6.45) is 2.80. The van der Waals surface area contributed by atoms with E-state index in [4.69, 9.17) is 15.1 Å². The molecule has 50 valence electrons. The maximum Gasteiger partial charge on any atom is -0.278 e. The molecule has 0 unspecified atom stereocenters. The van der Waals surface area contributed by atoms with Gasteiger partial charge in [0, 0.05) is 0 Å². The molecule has 0 heterocycles. The van der Waals surface area contributed by atoms with Crippen molar-refractivity contribution in [2.45, 2.75) is 24.2 Å². The maximum absolute atomic E-state index is 8.42. The summed E-state index contributed by atoms with van der Waals surface area (Å²) in [4.78, 5) is 0. The molecule has 0 aliphatic carbocycles. The molecule has 0 bridgehead atoms. The summed E-state index contributed by atoms with van der Waals surface area (Å²) in [6, 6.07) is 0. The Bertz CT molecular complexity index is 40.0. The summed E-state index contributed by atoms with van der Waals surface area (Å²) >= 11 is 1.68. The van der Waals surface area contributed by atoms with Crippen molar-refractivity contribution in [3.05, 3.63) is 0 Å². The fourth-order valence-corrected chi connectivity index (χ4v) is 1.19. The van der Waals surface area contributed by atoms with Crippen LogP contribution in [-0.4, -0.2) is 29.8 Å². The minimum absolute atomic E-state index is 1.37. The van der Waals surface area contributed by atoms with E-state index in [1.807, 2.05) is 0 Å². The smallest absolute Gasteiger partial charge is 0.278 e. The quantitative estimate of drug-likeness (QED) is 0.493. The Labute approximate surface area is 69.4 Å². The van der Waals surface area contributed by atoms with Crippen molar-refractivity contribution in [2.75, 3.05) is 0 Å².